The molecule has 3 nitrogen and oxygen atoms in total. The Bertz CT molecular complexity index is 363. The van der Waals surface area contributed by atoms with Crippen LogP contribution in [-0.2, 0) is 4.74 Å². The molecule has 3 heteroatoms. The van der Waals surface area contributed by atoms with Gasteiger partial charge in [-0.25, -0.2) is 0 Å². The maximum absolute atomic E-state index is 5.50. The van der Waals surface area contributed by atoms with Gasteiger partial charge >= 0.3 is 0 Å². The summed E-state index contributed by atoms with van der Waals surface area (Å²) in [6.45, 7) is 7.62. The van der Waals surface area contributed by atoms with Gasteiger partial charge in [-0.05, 0) is 50.6 Å². The zero-order valence-corrected chi connectivity index (χ0v) is 11.5. The summed E-state index contributed by atoms with van der Waals surface area (Å²) < 4.78 is 10.8. The smallest absolute Gasteiger partial charge is 0.122 e. The van der Waals surface area contributed by atoms with E-state index in [-0.39, 0.29) is 6.04 Å². The second-order valence-electron chi connectivity index (χ2n) is 4.18. The van der Waals surface area contributed by atoms with Gasteiger partial charge in [0, 0.05) is 6.61 Å². The fourth-order valence-electron chi connectivity index (χ4n) is 1.97. The fraction of sp³-hybridized carbons (Fsp3) is 0.571. The van der Waals surface area contributed by atoms with Gasteiger partial charge in [0.2, 0.25) is 0 Å². The molecule has 0 bridgehead atoms. The largest absolute Gasteiger partial charge is 0.496 e. The van der Waals surface area contributed by atoms with E-state index in [0.717, 1.165) is 17.9 Å². The van der Waals surface area contributed by atoms with Crippen LogP contribution < -0.4 is 10.1 Å². The van der Waals surface area contributed by atoms with Gasteiger partial charge in [-0.1, -0.05) is 6.07 Å². The van der Waals surface area contributed by atoms with Crippen molar-refractivity contribution >= 4 is 0 Å². The molecule has 0 heterocycles. The number of hydrogen-bond acceptors (Lipinski definition) is 3. The van der Waals surface area contributed by atoms with Crippen LogP contribution in [0.2, 0.25) is 0 Å². The van der Waals surface area contributed by atoms with Crippen LogP contribution >= 0.6 is 0 Å². The monoisotopic (exact) mass is 237 g/mol. The Morgan fingerprint density at radius 3 is 2.47 bits per heavy atom. The van der Waals surface area contributed by atoms with Crippen molar-refractivity contribution in [1.29, 1.82) is 0 Å². The molecule has 96 valence electrons. The number of aryl methyl sites for hydroxylation is 2. The van der Waals surface area contributed by atoms with Gasteiger partial charge in [0.1, 0.15) is 5.75 Å². The lowest BCUT2D eigenvalue weighted by Gasteiger charge is -2.20. The molecule has 0 amide bonds. The van der Waals surface area contributed by atoms with Crippen molar-refractivity contribution in [2.24, 2.45) is 0 Å². The van der Waals surface area contributed by atoms with Gasteiger partial charge in [-0.15, -0.1) is 0 Å². The lowest BCUT2D eigenvalue weighted by molar-refractivity contribution is 0.125. The molecule has 1 unspecified atom stereocenters. The first kappa shape index (κ1) is 14.0. The second kappa shape index (κ2) is 6.62. The number of ether oxygens (including phenoxy) is 2. The fourth-order valence-corrected chi connectivity index (χ4v) is 1.97. The van der Waals surface area contributed by atoms with E-state index in [1.165, 1.54) is 11.1 Å². The molecular formula is C14H23NO2. The predicted octanol–water partition coefficient (Wildman–Crippen LogP) is 2.61. The van der Waals surface area contributed by atoms with Crippen LogP contribution in [0.1, 0.15) is 29.7 Å². The maximum atomic E-state index is 5.50. The summed E-state index contributed by atoms with van der Waals surface area (Å²) in [5.74, 6) is 0.942. The third kappa shape index (κ3) is 3.45. The molecule has 0 aromatic heterocycles. The highest BCUT2D eigenvalue weighted by Crippen LogP contribution is 2.26. The molecule has 0 radical (unpaired) electrons. The van der Waals surface area contributed by atoms with Gasteiger partial charge < -0.3 is 14.8 Å². The SMILES string of the molecule is CCOCC(NC)c1cc(C)c(OC)cc1C. The van der Waals surface area contributed by atoms with Crippen LogP contribution in [0.4, 0.5) is 0 Å². The normalized spacial score (nSPS) is 12.5. The molecule has 1 aromatic rings. The van der Waals surface area contributed by atoms with Crippen LogP contribution in [0.15, 0.2) is 12.1 Å². The van der Waals surface area contributed by atoms with Crippen molar-refractivity contribution in [1.82, 2.24) is 5.32 Å². The van der Waals surface area contributed by atoms with Crippen LogP contribution in [0.5, 0.6) is 5.75 Å². The zero-order chi connectivity index (χ0) is 12.8. The maximum Gasteiger partial charge on any atom is 0.122 e. The van der Waals surface area contributed by atoms with Crippen molar-refractivity contribution in [2.75, 3.05) is 27.4 Å². The Morgan fingerprint density at radius 1 is 1.24 bits per heavy atom. The molecule has 17 heavy (non-hydrogen) atoms. The Hall–Kier alpha value is -1.06. The molecular weight excluding hydrogens is 214 g/mol. The predicted molar refractivity (Wildman–Crippen MR) is 70.8 cm³/mol. The first-order valence-corrected chi connectivity index (χ1v) is 6.04. The summed E-state index contributed by atoms with van der Waals surface area (Å²) in [5, 5.41) is 3.29. The van der Waals surface area contributed by atoms with Crippen molar-refractivity contribution in [3.05, 3.63) is 28.8 Å². The molecule has 0 fully saturated rings. The number of benzene rings is 1. The Morgan fingerprint density at radius 2 is 1.94 bits per heavy atom. The molecule has 1 N–H and O–H groups in total. The van der Waals surface area contributed by atoms with Crippen LogP contribution in [0.25, 0.3) is 0 Å². The van der Waals surface area contributed by atoms with E-state index in [9.17, 15) is 0 Å². The number of nitrogens with one attached hydrogen (secondary N) is 1. The summed E-state index contributed by atoms with van der Waals surface area (Å²) in [4.78, 5) is 0. The highest BCUT2D eigenvalue weighted by molar-refractivity contribution is 5.42. The number of likely N-dealkylation sites (N-methyl/N-ethyl adjacent to an activating group) is 1. The molecule has 1 rings (SSSR count). The van der Waals surface area contributed by atoms with E-state index < -0.39 is 0 Å². The third-order valence-corrected chi connectivity index (χ3v) is 3.00. The number of methoxy groups -OCH3 is 1. The lowest BCUT2D eigenvalue weighted by atomic mass is 9.98. The van der Waals surface area contributed by atoms with Gasteiger partial charge in [0.05, 0.1) is 19.8 Å². The molecule has 0 aliphatic heterocycles. The number of rotatable bonds is 6. The lowest BCUT2D eigenvalue weighted by Crippen LogP contribution is -2.22. The Balaban J connectivity index is 2.99. The summed E-state index contributed by atoms with van der Waals surface area (Å²) in [7, 11) is 3.67. The molecule has 1 atom stereocenters. The van der Waals surface area contributed by atoms with Crippen LogP contribution in [0.3, 0.4) is 0 Å². The summed E-state index contributed by atoms with van der Waals surface area (Å²) in [6, 6.07) is 4.49. The van der Waals surface area contributed by atoms with Gasteiger partial charge in [-0.2, -0.15) is 0 Å². The molecule has 0 spiro atoms. The van der Waals surface area contributed by atoms with Crippen molar-refractivity contribution in [3.8, 4) is 5.75 Å². The van der Waals surface area contributed by atoms with Crippen LogP contribution in [0, 0.1) is 13.8 Å². The van der Waals surface area contributed by atoms with E-state index in [1.54, 1.807) is 7.11 Å². The Kier molecular flexibility index (Phi) is 5.45. The topological polar surface area (TPSA) is 30.5 Å². The van der Waals surface area contributed by atoms with Gasteiger partial charge in [-0.3, -0.25) is 0 Å². The highest BCUT2D eigenvalue weighted by Gasteiger charge is 2.14. The number of hydrogen-bond donors (Lipinski definition) is 1. The van der Waals surface area contributed by atoms with E-state index in [4.69, 9.17) is 9.47 Å². The van der Waals surface area contributed by atoms with Crippen molar-refractivity contribution < 1.29 is 9.47 Å². The molecule has 0 saturated carbocycles. The summed E-state index contributed by atoms with van der Waals surface area (Å²) >= 11 is 0. The minimum absolute atomic E-state index is 0.236. The molecule has 0 saturated heterocycles. The average Bonchev–Trinajstić information content (AvgIpc) is 2.33. The van der Waals surface area contributed by atoms with Crippen LogP contribution in [-0.4, -0.2) is 27.4 Å². The Labute approximate surface area is 104 Å². The zero-order valence-electron chi connectivity index (χ0n) is 11.5. The van der Waals surface area contributed by atoms with E-state index in [0.29, 0.717) is 6.61 Å². The van der Waals surface area contributed by atoms with E-state index in [2.05, 4.69) is 31.3 Å². The quantitative estimate of drug-likeness (QED) is 0.825. The molecule has 0 aliphatic rings. The first-order valence-electron chi connectivity index (χ1n) is 6.04. The summed E-state index contributed by atoms with van der Waals surface area (Å²) in [6.07, 6.45) is 0. The van der Waals surface area contributed by atoms with Gasteiger partial charge in [0.25, 0.3) is 0 Å². The highest BCUT2D eigenvalue weighted by atomic mass is 16.5. The van der Waals surface area contributed by atoms with Crippen molar-refractivity contribution in [2.45, 2.75) is 26.8 Å². The van der Waals surface area contributed by atoms with Crippen molar-refractivity contribution in [3.63, 3.8) is 0 Å². The molecule has 0 aliphatic carbocycles. The second-order valence-corrected chi connectivity index (χ2v) is 4.18. The first-order chi connectivity index (χ1) is 8.13. The average molecular weight is 237 g/mol. The van der Waals surface area contributed by atoms with E-state index in [1.807, 2.05) is 14.0 Å². The minimum atomic E-state index is 0.236. The third-order valence-electron chi connectivity index (χ3n) is 3.00. The van der Waals surface area contributed by atoms with Gasteiger partial charge in [0.15, 0.2) is 0 Å². The summed E-state index contributed by atoms with van der Waals surface area (Å²) in [5.41, 5.74) is 3.66. The standard InChI is InChI=1S/C14H23NO2/c1-6-17-9-13(15-4)12-7-11(3)14(16-5)8-10(12)2/h7-8,13,15H,6,9H2,1-5H3. The molecule has 1 aromatic carbocycles. The minimum Gasteiger partial charge on any atom is -0.496 e. The van der Waals surface area contributed by atoms with E-state index >= 15 is 0 Å².